The van der Waals surface area contributed by atoms with Crippen molar-refractivity contribution in [3.63, 3.8) is 0 Å². The van der Waals surface area contributed by atoms with E-state index in [4.69, 9.17) is 0 Å². The van der Waals surface area contributed by atoms with Gasteiger partial charge in [-0.2, -0.15) is 0 Å². The number of nitrogens with one attached hydrogen (secondary N) is 1. The van der Waals surface area contributed by atoms with Crippen molar-refractivity contribution in [2.24, 2.45) is 0 Å². The van der Waals surface area contributed by atoms with E-state index in [1.54, 1.807) is 7.05 Å². The highest BCUT2D eigenvalue weighted by Gasteiger charge is 2.44. The molecule has 0 aromatic rings. The topological polar surface area (TPSA) is 55.8 Å². The van der Waals surface area contributed by atoms with Crippen molar-refractivity contribution in [3.8, 4) is 0 Å². The van der Waals surface area contributed by atoms with Crippen LogP contribution < -0.4 is 5.32 Å². The second kappa shape index (κ2) is 7.07. The molecular formula is C16H31N3O2. The molecule has 0 aromatic carbocycles. The molecule has 2 aliphatic rings. The zero-order valence-electron chi connectivity index (χ0n) is 13.8. The lowest BCUT2D eigenvalue weighted by Crippen LogP contribution is -2.58. The van der Waals surface area contributed by atoms with Crippen molar-refractivity contribution in [2.45, 2.75) is 63.1 Å². The summed E-state index contributed by atoms with van der Waals surface area (Å²) in [6.45, 7) is 5.61. The summed E-state index contributed by atoms with van der Waals surface area (Å²) in [7, 11) is 3.99. The van der Waals surface area contributed by atoms with Crippen molar-refractivity contribution < 1.29 is 9.90 Å². The minimum atomic E-state index is -0.723. The van der Waals surface area contributed by atoms with E-state index in [-0.39, 0.29) is 0 Å². The van der Waals surface area contributed by atoms with Crippen LogP contribution in [0.15, 0.2) is 0 Å². The Balaban J connectivity index is 2.13. The number of carboxylic acids is 1. The van der Waals surface area contributed by atoms with E-state index in [0.717, 1.165) is 51.7 Å². The van der Waals surface area contributed by atoms with Crippen LogP contribution in [0.3, 0.4) is 0 Å². The lowest BCUT2D eigenvalue weighted by molar-refractivity contribution is -0.147. The maximum atomic E-state index is 11.7. The maximum absolute atomic E-state index is 11.7. The first-order chi connectivity index (χ1) is 10.0. The van der Waals surface area contributed by atoms with Crippen LogP contribution in [0.1, 0.15) is 45.4 Å². The van der Waals surface area contributed by atoms with Gasteiger partial charge < -0.3 is 15.3 Å². The quantitative estimate of drug-likeness (QED) is 0.821. The van der Waals surface area contributed by atoms with Crippen molar-refractivity contribution in [2.75, 3.05) is 33.7 Å². The van der Waals surface area contributed by atoms with Gasteiger partial charge in [0, 0.05) is 18.6 Å². The number of hydrogen-bond donors (Lipinski definition) is 2. The molecule has 3 atom stereocenters. The Labute approximate surface area is 128 Å². The fourth-order valence-corrected chi connectivity index (χ4v) is 4.16. The van der Waals surface area contributed by atoms with E-state index in [0.29, 0.717) is 12.1 Å². The molecule has 2 fully saturated rings. The molecule has 5 nitrogen and oxygen atoms in total. The minimum absolute atomic E-state index is 0.402. The Kier molecular flexibility index (Phi) is 5.63. The van der Waals surface area contributed by atoms with Crippen LogP contribution in [0, 0.1) is 0 Å². The van der Waals surface area contributed by atoms with Gasteiger partial charge in [0.15, 0.2) is 0 Å². The number of carboxylic acid groups (broad SMARTS) is 1. The molecule has 0 spiro atoms. The van der Waals surface area contributed by atoms with Crippen molar-refractivity contribution in [1.29, 1.82) is 0 Å². The number of aliphatic carboxylic acids is 1. The highest BCUT2D eigenvalue weighted by Crippen LogP contribution is 2.33. The molecule has 1 heterocycles. The van der Waals surface area contributed by atoms with Crippen LogP contribution in [0.5, 0.6) is 0 Å². The molecule has 0 aromatic heterocycles. The van der Waals surface area contributed by atoms with E-state index in [1.165, 1.54) is 6.42 Å². The van der Waals surface area contributed by atoms with E-state index in [1.807, 2.05) is 0 Å². The lowest BCUT2D eigenvalue weighted by Gasteiger charge is -2.44. The number of likely N-dealkylation sites (N-methyl/N-ethyl adjacent to an activating group) is 2. The van der Waals surface area contributed by atoms with Gasteiger partial charge in [0.05, 0.1) is 0 Å². The second-order valence-corrected chi connectivity index (χ2v) is 6.80. The third kappa shape index (κ3) is 3.58. The molecule has 0 bridgehead atoms. The van der Waals surface area contributed by atoms with Gasteiger partial charge in [0.25, 0.3) is 0 Å². The molecule has 2 rings (SSSR count). The Morgan fingerprint density at radius 3 is 2.76 bits per heavy atom. The van der Waals surface area contributed by atoms with Gasteiger partial charge in [-0.25, -0.2) is 0 Å². The fourth-order valence-electron chi connectivity index (χ4n) is 4.16. The van der Waals surface area contributed by atoms with Gasteiger partial charge in [-0.3, -0.25) is 9.69 Å². The molecule has 2 N–H and O–H groups in total. The maximum Gasteiger partial charge on any atom is 0.323 e. The molecule has 1 saturated carbocycles. The summed E-state index contributed by atoms with van der Waals surface area (Å²) in [6.07, 6.45) is 5.94. The van der Waals surface area contributed by atoms with E-state index >= 15 is 0 Å². The van der Waals surface area contributed by atoms with Crippen LogP contribution in [-0.4, -0.2) is 72.2 Å². The first-order valence-electron chi connectivity index (χ1n) is 8.39. The van der Waals surface area contributed by atoms with Gasteiger partial charge in [-0.05, 0) is 65.7 Å². The Hall–Kier alpha value is -0.650. The highest BCUT2D eigenvalue weighted by molar-refractivity contribution is 5.79. The minimum Gasteiger partial charge on any atom is -0.480 e. The molecule has 1 aliphatic carbocycles. The smallest absolute Gasteiger partial charge is 0.323 e. The SMILES string of the molecule is CCC1CN(C)CCCN1C1CCCC(NC)(C(=O)O)C1. The number of hydrogen-bond acceptors (Lipinski definition) is 4. The molecule has 1 saturated heterocycles. The summed E-state index contributed by atoms with van der Waals surface area (Å²) in [5, 5.41) is 12.7. The molecule has 1 aliphatic heterocycles. The molecule has 122 valence electrons. The summed E-state index contributed by atoms with van der Waals surface area (Å²) >= 11 is 0. The van der Waals surface area contributed by atoms with Crippen LogP contribution in [0.2, 0.25) is 0 Å². The van der Waals surface area contributed by atoms with Crippen LogP contribution >= 0.6 is 0 Å². The van der Waals surface area contributed by atoms with Crippen molar-refractivity contribution >= 4 is 5.97 Å². The first kappa shape index (κ1) is 16.7. The zero-order chi connectivity index (χ0) is 15.5. The van der Waals surface area contributed by atoms with E-state index < -0.39 is 11.5 Å². The summed E-state index contributed by atoms with van der Waals surface area (Å²) in [5.74, 6) is -0.685. The predicted molar refractivity (Wildman–Crippen MR) is 84.6 cm³/mol. The monoisotopic (exact) mass is 297 g/mol. The van der Waals surface area contributed by atoms with Crippen LogP contribution in [-0.2, 0) is 4.79 Å². The number of nitrogens with zero attached hydrogens (tertiary/aromatic N) is 2. The third-order valence-electron chi connectivity index (χ3n) is 5.50. The Morgan fingerprint density at radius 1 is 1.38 bits per heavy atom. The Bertz CT molecular complexity index is 363. The largest absolute Gasteiger partial charge is 0.480 e. The third-order valence-corrected chi connectivity index (χ3v) is 5.50. The molecule has 0 amide bonds. The van der Waals surface area contributed by atoms with E-state index in [2.05, 4.69) is 29.1 Å². The lowest BCUT2D eigenvalue weighted by atomic mass is 9.78. The number of carbonyl (C=O) groups is 1. The highest BCUT2D eigenvalue weighted by atomic mass is 16.4. The van der Waals surface area contributed by atoms with Gasteiger partial charge in [0.2, 0.25) is 0 Å². The van der Waals surface area contributed by atoms with Crippen molar-refractivity contribution in [1.82, 2.24) is 15.1 Å². The fraction of sp³-hybridized carbons (Fsp3) is 0.938. The van der Waals surface area contributed by atoms with Crippen LogP contribution in [0.25, 0.3) is 0 Å². The zero-order valence-corrected chi connectivity index (χ0v) is 13.8. The summed E-state index contributed by atoms with van der Waals surface area (Å²) in [4.78, 5) is 16.7. The molecular weight excluding hydrogens is 266 g/mol. The standard InChI is InChI=1S/C16H31N3O2/c1-4-13-12-18(3)9-6-10-19(13)14-7-5-8-16(11-14,17-2)15(20)21/h13-14,17H,4-12H2,1-3H3,(H,20,21). The predicted octanol–water partition coefficient (Wildman–Crippen LogP) is 1.39. The molecule has 5 heteroatoms. The average molecular weight is 297 g/mol. The van der Waals surface area contributed by atoms with Crippen LogP contribution in [0.4, 0.5) is 0 Å². The number of rotatable bonds is 4. The first-order valence-corrected chi connectivity index (χ1v) is 8.39. The van der Waals surface area contributed by atoms with Gasteiger partial charge in [0.1, 0.15) is 5.54 Å². The van der Waals surface area contributed by atoms with Crippen molar-refractivity contribution in [3.05, 3.63) is 0 Å². The average Bonchev–Trinajstić information content (AvgIpc) is 2.68. The van der Waals surface area contributed by atoms with Gasteiger partial charge in [-0.1, -0.05) is 6.92 Å². The summed E-state index contributed by atoms with van der Waals surface area (Å²) in [6, 6.07) is 0.961. The van der Waals surface area contributed by atoms with E-state index in [9.17, 15) is 9.90 Å². The molecule has 21 heavy (non-hydrogen) atoms. The van der Waals surface area contributed by atoms with Gasteiger partial charge in [-0.15, -0.1) is 0 Å². The van der Waals surface area contributed by atoms with Gasteiger partial charge >= 0.3 is 5.97 Å². The molecule has 0 radical (unpaired) electrons. The Morgan fingerprint density at radius 2 is 2.14 bits per heavy atom. The normalized spacial score (nSPS) is 36.3. The summed E-state index contributed by atoms with van der Waals surface area (Å²) < 4.78 is 0. The molecule has 3 unspecified atom stereocenters. The summed E-state index contributed by atoms with van der Waals surface area (Å²) in [5.41, 5.74) is -0.723. The second-order valence-electron chi connectivity index (χ2n) is 6.80.